The molecule has 0 bridgehead atoms. The van der Waals surface area contributed by atoms with Crippen molar-refractivity contribution in [3.05, 3.63) is 35.9 Å². The van der Waals surface area contributed by atoms with Crippen LogP contribution in [0.5, 0.6) is 0 Å². The molecule has 106 valence electrons. The Hall–Kier alpha value is -1.10. The number of nitrogens with zero attached hydrogens (tertiary/aromatic N) is 1. The van der Waals surface area contributed by atoms with Crippen LogP contribution in [0.25, 0.3) is 0 Å². The molecule has 19 heavy (non-hydrogen) atoms. The van der Waals surface area contributed by atoms with Gasteiger partial charge in [-0.25, -0.2) is 0 Å². The van der Waals surface area contributed by atoms with Crippen molar-refractivity contribution in [3.8, 4) is 0 Å². The van der Waals surface area contributed by atoms with Crippen LogP contribution in [0.4, 0.5) is 0 Å². The zero-order valence-corrected chi connectivity index (χ0v) is 11.7. The first-order valence-electron chi connectivity index (χ1n) is 6.46. The van der Waals surface area contributed by atoms with Gasteiger partial charge in [-0.05, 0) is 31.2 Å². The molecule has 2 rings (SSSR count). The van der Waals surface area contributed by atoms with Crippen LogP contribution in [0.1, 0.15) is 24.8 Å². The number of carbonyl (C=O) groups excluding carboxylic acids is 1. The first-order chi connectivity index (χ1) is 8.68. The first kappa shape index (κ1) is 16.0. The van der Waals surface area contributed by atoms with Gasteiger partial charge in [0.25, 0.3) is 0 Å². The number of hydrogen-bond donors (Lipinski definition) is 2. The molecule has 0 aliphatic carbocycles. The number of amides is 1. The molecule has 2 unspecified atom stereocenters. The third-order valence-electron chi connectivity index (χ3n) is 3.37. The van der Waals surface area contributed by atoms with Crippen molar-refractivity contribution in [1.82, 2.24) is 4.90 Å². The molecule has 0 radical (unpaired) electrons. The molecule has 1 aliphatic heterocycles. The van der Waals surface area contributed by atoms with Crippen LogP contribution in [0.15, 0.2) is 30.3 Å². The summed E-state index contributed by atoms with van der Waals surface area (Å²) in [4.78, 5) is 13.7. The largest absolute Gasteiger partial charge is 0.374 e. The summed E-state index contributed by atoms with van der Waals surface area (Å²) in [6, 6.07) is 9.15. The van der Waals surface area contributed by atoms with Crippen LogP contribution in [-0.2, 0) is 11.2 Å². The quantitative estimate of drug-likeness (QED) is 0.879. The van der Waals surface area contributed by atoms with E-state index in [9.17, 15) is 9.90 Å². The van der Waals surface area contributed by atoms with Crippen LogP contribution in [0.2, 0.25) is 0 Å². The summed E-state index contributed by atoms with van der Waals surface area (Å²) in [6.07, 6.45) is 2.43. The predicted octanol–water partition coefficient (Wildman–Crippen LogP) is 1.31. The van der Waals surface area contributed by atoms with E-state index in [-0.39, 0.29) is 18.3 Å². The van der Waals surface area contributed by atoms with Gasteiger partial charge in [0.15, 0.2) is 0 Å². The molecule has 1 aromatic rings. The van der Waals surface area contributed by atoms with Crippen molar-refractivity contribution in [2.45, 2.75) is 38.0 Å². The Balaban J connectivity index is 0.00000180. The number of aliphatic hydroxyl groups excluding tert-OH is 1. The molecule has 1 amide bonds. The first-order valence-corrected chi connectivity index (χ1v) is 6.46. The number of hydrogen-bond acceptors (Lipinski definition) is 3. The van der Waals surface area contributed by atoms with Crippen molar-refractivity contribution < 1.29 is 9.90 Å². The number of likely N-dealkylation sites (tertiary alicyclic amines) is 1. The molecule has 5 heteroatoms. The molecule has 1 aromatic carbocycles. The number of benzene rings is 1. The average molecular weight is 285 g/mol. The Morgan fingerprint density at radius 3 is 2.68 bits per heavy atom. The van der Waals surface area contributed by atoms with E-state index in [0.717, 1.165) is 18.4 Å². The second kappa shape index (κ2) is 7.48. The van der Waals surface area contributed by atoms with Crippen LogP contribution in [-0.4, -0.2) is 34.7 Å². The number of piperidine rings is 1. The highest BCUT2D eigenvalue weighted by Gasteiger charge is 2.28. The van der Waals surface area contributed by atoms with E-state index in [1.54, 1.807) is 0 Å². The van der Waals surface area contributed by atoms with Crippen LogP contribution < -0.4 is 5.73 Å². The highest BCUT2D eigenvalue weighted by atomic mass is 35.5. The Morgan fingerprint density at radius 2 is 2.05 bits per heavy atom. The summed E-state index contributed by atoms with van der Waals surface area (Å²) >= 11 is 0. The number of rotatable bonds is 3. The highest BCUT2D eigenvalue weighted by Crippen LogP contribution is 2.16. The van der Waals surface area contributed by atoms with E-state index in [1.165, 1.54) is 4.90 Å². The minimum atomic E-state index is -0.659. The van der Waals surface area contributed by atoms with Crippen LogP contribution >= 0.6 is 12.4 Å². The molecule has 1 saturated heterocycles. The zero-order chi connectivity index (χ0) is 13.0. The fourth-order valence-electron chi connectivity index (χ4n) is 2.34. The third kappa shape index (κ3) is 4.20. The minimum Gasteiger partial charge on any atom is -0.374 e. The molecular weight excluding hydrogens is 264 g/mol. The minimum absolute atomic E-state index is 0. The van der Waals surface area contributed by atoms with Crippen molar-refractivity contribution >= 4 is 18.3 Å². The number of halogens is 1. The van der Waals surface area contributed by atoms with Crippen molar-refractivity contribution in [2.75, 3.05) is 6.54 Å². The van der Waals surface area contributed by atoms with E-state index >= 15 is 0 Å². The smallest absolute Gasteiger partial charge is 0.241 e. The van der Waals surface area contributed by atoms with Gasteiger partial charge in [0.2, 0.25) is 5.91 Å². The van der Waals surface area contributed by atoms with Crippen molar-refractivity contribution in [2.24, 2.45) is 5.73 Å². The lowest BCUT2D eigenvalue weighted by Gasteiger charge is -2.33. The Kier molecular flexibility index (Phi) is 6.28. The molecule has 0 aromatic heterocycles. The van der Waals surface area contributed by atoms with Crippen molar-refractivity contribution in [1.29, 1.82) is 0 Å². The molecule has 1 aliphatic rings. The molecule has 0 saturated carbocycles. The maximum Gasteiger partial charge on any atom is 0.241 e. The SMILES string of the molecule is Cl.NC(Cc1ccccc1)C(=O)N1CCCCC1O. The molecule has 4 nitrogen and oxygen atoms in total. The Labute approximate surface area is 120 Å². The fourth-order valence-corrected chi connectivity index (χ4v) is 2.34. The van der Waals surface area contributed by atoms with Gasteiger partial charge in [0.1, 0.15) is 6.23 Å². The van der Waals surface area contributed by atoms with Gasteiger partial charge in [-0.2, -0.15) is 0 Å². The maximum atomic E-state index is 12.2. The molecule has 0 spiro atoms. The van der Waals surface area contributed by atoms with E-state index < -0.39 is 12.3 Å². The van der Waals surface area contributed by atoms with Gasteiger partial charge in [-0.15, -0.1) is 12.4 Å². The fraction of sp³-hybridized carbons (Fsp3) is 0.500. The standard InChI is InChI=1S/C14H20N2O2.ClH/c15-12(10-11-6-2-1-3-7-11)14(18)16-9-5-4-8-13(16)17;/h1-3,6-7,12-13,17H,4-5,8-10,15H2;1H. The van der Waals surface area contributed by atoms with Crippen molar-refractivity contribution in [3.63, 3.8) is 0 Å². The van der Waals surface area contributed by atoms with Crippen LogP contribution in [0.3, 0.4) is 0 Å². The van der Waals surface area contributed by atoms with Gasteiger partial charge in [-0.3, -0.25) is 4.79 Å². The average Bonchev–Trinajstić information content (AvgIpc) is 2.39. The monoisotopic (exact) mass is 284 g/mol. The molecule has 1 fully saturated rings. The third-order valence-corrected chi connectivity index (χ3v) is 3.37. The summed E-state index contributed by atoms with van der Waals surface area (Å²) in [6.45, 7) is 0.614. The van der Waals surface area contributed by atoms with Gasteiger partial charge in [0, 0.05) is 6.54 Å². The van der Waals surface area contributed by atoms with Gasteiger partial charge in [-0.1, -0.05) is 30.3 Å². The normalized spacial score (nSPS) is 20.5. The van der Waals surface area contributed by atoms with E-state index in [2.05, 4.69) is 0 Å². The number of nitrogens with two attached hydrogens (primary N) is 1. The lowest BCUT2D eigenvalue weighted by molar-refractivity contribution is -0.145. The summed E-state index contributed by atoms with van der Waals surface area (Å²) in [5, 5.41) is 9.80. The summed E-state index contributed by atoms with van der Waals surface area (Å²) in [7, 11) is 0. The summed E-state index contributed by atoms with van der Waals surface area (Å²) in [5.74, 6) is -0.147. The topological polar surface area (TPSA) is 66.6 Å². The predicted molar refractivity (Wildman–Crippen MR) is 76.9 cm³/mol. The number of carbonyl (C=O) groups is 1. The molecule has 2 atom stereocenters. The van der Waals surface area contributed by atoms with Gasteiger partial charge >= 0.3 is 0 Å². The van der Waals surface area contributed by atoms with Gasteiger partial charge in [0.05, 0.1) is 6.04 Å². The number of aliphatic hydroxyl groups is 1. The second-order valence-electron chi connectivity index (χ2n) is 4.80. The lowest BCUT2D eigenvalue weighted by atomic mass is 10.0. The highest BCUT2D eigenvalue weighted by molar-refractivity contribution is 5.85. The van der Waals surface area contributed by atoms with Gasteiger partial charge < -0.3 is 15.7 Å². The zero-order valence-electron chi connectivity index (χ0n) is 10.9. The summed E-state index contributed by atoms with van der Waals surface area (Å²) < 4.78 is 0. The lowest BCUT2D eigenvalue weighted by Crippen LogP contribution is -2.51. The maximum absolute atomic E-state index is 12.2. The van der Waals surface area contributed by atoms with Crippen LogP contribution in [0, 0.1) is 0 Å². The summed E-state index contributed by atoms with van der Waals surface area (Å²) in [5.41, 5.74) is 6.99. The van der Waals surface area contributed by atoms with E-state index in [1.807, 2.05) is 30.3 Å². The van der Waals surface area contributed by atoms with E-state index in [4.69, 9.17) is 5.73 Å². The molecule has 1 heterocycles. The Morgan fingerprint density at radius 1 is 1.37 bits per heavy atom. The molecular formula is C14H21ClN2O2. The Bertz CT molecular complexity index is 400. The van der Waals surface area contributed by atoms with E-state index in [0.29, 0.717) is 19.4 Å². The second-order valence-corrected chi connectivity index (χ2v) is 4.80. The molecule has 3 N–H and O–H groups in total.